The third kappa shape index (κ3) is 2.24. The van der Waals surface area contributed by atoms with Gasteiger partial charge in [-0.1, -0.05) is 30.3 Å². The van der Waals surface area contributed by atoms with E-state index >= 15 is 0 Å². The molecule has 5 heteroatoms. The third-order valence-corrected chi connectivity index (χ3v) is 4.61. The first-order valence-corrected chi connectivity index (χ1v) is 7.13. The fourth-order valence-electron chi connectivity index (χ4n) is 3.53. The van der Waals surface area contributed by atoms with Crippen molar-refractivity contribution in [2.45, 2.75) is 49.4 Å². The standard InChI is InChI=1S/C15H20F2N2O/c16-15(17)9-12-14(13(15)20,7-4-8-18-12)19-10-11-5-2-1-3-6-11/h1-3,5-6,12-13,18-20H,4,7-10H2/t12?,13-,14-/m1/s1. The van der Waals surface area contributed by atoms with E-state index in [1.54, 1.807) is 0 Å². The van der Waals surface area contributed by atoms with Crippen LogP contribution in [0.4, 0.5) is 8.78 Å². The molecular weight excluding hydrogens is 262 g/mol. The number of fused-ring (bicyclic) bond motifs is 1. The molecule has 3 rings (SSSR count). The Labute approximate surface area is 117 Å². The summed E-state index contributed by atoms with van der Waals surface area (Å²) in [7, 11) is 0. The van der Waals surface area contributed by atoms with Crippen molar-refractivity contribution < 1.29 is 13.9 Å². The fourth-order valence-corrected chi connectivity index (χ4v) is 3.53. The van der Waals surface area contributed by atoms with E-state index in [1.807, 2.05) is 30.3 Å². The molecule has 1 aliphatic heterocycles. The smallest absolute Gasteiger partial charge is 0.276 e. The summed E-state index contributed by atoms with van der Waals surface area (Å²) in [6, 6.07) is 9.30. The van der Waals surface area contributed by atoms with Gasteiger partial charge in [0, 0.05) is 19.0 Å². The minimum Gasteiger partial charge on any atom is -0.385 e. The zero-order valence-corrected chi connectivity index (χ0v) is 11.3. The summed E-state index contributed by atoms with van der Waals surface area (Å²) in [6.45, 7) is 1.23. The van der Waals surface area contributed by atoms with E-state index in [4.69, 9.17) is 0 Å². The van der Waals surface area contributed by atoms with Gasteiger partial charge in [0.2, 0.25) is 0 Å². The maximum atomic E-state index is 13.9. The molecule has 1 saturated carbocycles. The molecule has 1 aromatic carbocycles. The highest BCUT2D eigenvalue weighted by Crippen LogP contribution is 2.45. The Kier molecular flexibility index (Phi) is 3.52. The van der Waals surface area contributed by atoms with Crippen molar-refractivity contribution in [3.8, 4) is 0 Å². The SMILES string of the molecule is O[C@H]1C(F)(F)CC2NCCC[C@@]21NCc1ccccc1. The summed E-state index contributed by atoms with van der Waals surface area (Å²) < 4.78 is 27.8. The predicted molar refractivity (Wildman–Crippen MR) is 72.6 cm³/mol. The Morgan fingerprint density at radius 1 is 1.30 bits per heavy atom. The Morgan fingerprint density at radius 3 is 2.80 bits per heavy atom. The topological polar surface area (TPSA) is 44.3 Å². The molecule has 0 amide bonds. The number of aliphatic hydroxyl groups is 1. The average molecular weight is 282 g/mol. The molecular formula is C15H20F2N2O. The van der Waals surface area contributed by atoms with E-state index in [9.17, 15) is 13.9 Å². The quantitative estimate of drug-likeness (QED) is 0.790. The third-order valence-electron chi connectivity index (χ3n) is 4.61. The van der Waals surface area contributed by atoms with Crippen LogP contribution in [0.3, 0.4) is 0 Å². The molecule has 0 spiro atoms. The number of aliphatic hydroxyl groups excluding tert-OH is 1. The first kappa shape index (κ1) is 13.9. The number of hydrogen-bond acceptors (Lipinski definition) is 3. The van der Waals surface area contributed by atoms with Gasteiger partial charge in [-0.15, -0.1) is 0 Å². The number of piperidine rings is 1. The van der Waals surface area contributed by atoms with Gasteiger partial charge < -0.3 is 15.7 Å². The lowest BCUT2D eigenvalue weighted by molar-refractivity contribution is -0.110. The maximum absolute atomic E-state index is 13.9. The molecule has 0 bridgehead atoms. The molecule has 2 aliphatic rings. The fraction of sp³-hybridized carbons (Fsp3) is 0.600. The molecule has 3 N–H and O–H groups in total. The maximum Gasteiger partial charge on any atom is 0.276 e. The van der Waals surface area contributed by atoms with Gasteiger partial charge >= 0.3 is 0 Å². The van der Waals surface area contributed by atoms with E-state index in [1.165, 1.54) is 0 Å². The lowest BCUT2D eigenvalue weighted by atomic mass is 9.82. The normalized spacial score (nSPS) is 35.8. The Bertz CT molecular complexity index is 468. The van der Waals surface area contributed by atoms with Crippen LogP contribution in [0.1, 0.15) is 24.8 Å². The number of nitrogens with one attached hydrogen (secondary N) is 2. The molecule has 2 fully saturated rings. The van der Waals surface area contributed by atoms with Crippen LogP contribution in [0, 0.1) is 0 Å². The second-order valence-corrected chi connectivity index (χ2v) is 5.86. The van der Waals surface area contributed by atoms with Gasteiger partial charge in [-0.3, -0.25) is 0 Å². The van der Waals surface area contributed by atoms with Crippen molar-refractivity contribution in [2.75, 3.05) is 6.54 Å². The van der Waals surface area contributed by atoms with Crippen LogP contribution in [-0.2, 0) is 6.54 Å². The van der Waals surface area contributed by atoms with Gasteiger partial charge in [0.1, 0.15) is 6.10 Å². The highest BCUT2D eigenvalue weighted by atomic mass is 19.3. The molecule has 1 aliphatic carbocycles. The minimum atomic E-state index is -3.02. The first-order chi connectivity index (χ1) is 9.55. The Morgan fingerprint density at radius 2 is 2.05 bits per heavy atom. The van der Waals surface area contributed by atoms with Gasteiger partial charge in [0.05, 0.1) is 5.54 Å². The molecule has 1 heterocycles. The van der Waals surface area contributed by atoms with Crippen LogP contribution >= 0.6 is 0 Å². The number of hydrogen-bond donors (Lipinski definition) is 3. The van der Waals surface area contributed by atoms with Crippen LogP contribution in [0.2, 0.25) is 0 Å². The summed E-state index contributed by atoms with van der Waals surface area (Å²) in [4.78, 5) is 0. The number of alkyl halides is 2. The van der Waals surface area contributed by atoms with Gasteiger partial charge in [0.25, 0.3) is 5.92 Å². The van der Waals surface area contributed by atoms with Crippen LogP contribution in [0.25, 0.3) is 0 Å². The summed E-state index contributed by atoms with van der Waals surface area (Å²) in [5, 5.41) is 16.5. The van der Waals surface area contributed by atoms with Crippen molar-refractivity contribution in [1.82, 2.24) is 10.6 Å². The number of halogens is 2. The molecule has 1 aromatic rings. The first-order valence-electron chi connectivity index (χ1n) is 7.13. The molecule has 20 heavy (non-hydrogen) atoms. The highest BCUT2D eigenvalue weighted by molar-refractivity contribution is 5.20. The zero-order chi connectivity index (χ0) is 14.2. The summed E-state index contributed by atoms with van der Waals surface area (Å²) >= 11 is 0. The Hall–Kier alpha value is -1.04. The largest absolute Gasteiger partial charge is 0.385 e. The van der Waals surface area contributed by atoms with Crippen molar-refractivity contribution in [3.63, 3.8) is 0 Å². The van der Waals surface area contributed by atoms with Crippen LogP contribution < -0.4 is 10.6 Å². The average Bonchev–Trinajstić information content (AvgIpc) is 2.66. The summed E-state index contributed by atoms with van der Waals surface area (Å²) in [5.74, 6) is -3.02. The number of benzene rings is 1. The summed E-state index contributed by atoms with van der Waals surface area (Å²) in [6.07, 6.45) is -0.549. The van der Waals surface area contributed by atoms with E-state index < -0.39 is 17.6 Å². The molecule has 0 aromatic heterocycles. The van der Waals surface area contributed by atoms with Crippen LogP contribution in [-0.4, -0.2) is 35.3 Å². The van der Waals surface area contributed by atoms with E-state index in [2.05, 4.69) is 10.6 Å². The van der Waals surface area contributed by atoms with Crippen LogP contribution in [0.5, 0.6) is 0 Å². The lowest BCUT2D eigenvalue weighted by Crippen LogP contribution is -2.65. The second kappa shape index (κ2) is 5.06. The molecule has 110 valence electrons. The van der Waals surface area contributed by atoms with Gasteiger partial charge in [0.15, 0.2) is 0 Å². The Balaban J connectivity index is 1.80. The monoisotopic (exact) mass is 282 g/mol. The van der Waals surface area contributed by atoms with E-state index in [-0.39, 0.29) is 12.5 Å². The second-order valence-electron chi connectivity index (χ2n) is 5.86. The molecule has 0 radical (unpaired) electrons. The van der Waals surface area contributed by atoms with Gasteiger partial charge in [-0.2, -0.15) is 0 Å². The molecule has 1 unspecified atom stereocenters. The molecule has 3 atom stereocenters. The number of rotatable bonds is 3. The molecule has 1 saturated heterocycles. The van der Waals surface area contributed by atoms with Crippen molar-refractivity contribution in [2.24, 2.45) is 0 Å². The zero-order valence-electron chi connectivity index (χ0n) is 11.3. The predicted octanol–water partition coefficient (Wildman–Crippen LogP) is 1.67. The van der Waals surface area contributed by atoms with Crippen LogP contribution in [0.15, 0.2) is 30.3 Å². The molecule has 3 nitrogen and oxygen atoms in total. The van der Waals surface area contributed by atoms with Crippen molar-refractivity contribution in [3.05, 3.63) is 35.9 Å². The minimum absolute atomic E-state index is 0.296. The van der Waals surface area contributed by atoms with E-state index in [0.717, 1.165) is 18.5 Å². The van der Waals surface area contributed by atoms with Crippen molar-refractivity contribution in [1.29, 1.82) is 0 Å². The van der Waals surface area contributed by atoms with Gasteiger partial charge in [-0.05, 0) is 24.9 Å². The lowest BCUT2D eigenvalue weighted by Gasteiger charge is -2.42. The van der Waals surface area contributed by atoms with E-state index in [0.29, 0.717) is 13.0 Å². The highest BCUT2D eigenvalue weighted by Gasteiger charge is 2.64. The van der Waals surface area contributed by atoms with Crippen molar-refractivity contribution >= 4 is 0 Å². The van der Waals surface area contributed by atoms with Gasteiger partial charge in [-0.25, -0.2) is 8.78 Å². The summed E-state index contributed by atoms with van der Waals surface area (Å²) in [5.41, 5.74) is 0.117.